The maximum absolute atomic E-state index is 12.6. The first-order chi connectivity index (χ1) is 10.2. The molecular weight excluding hydrogens is 318 g/mol. The second kappa shape index (κ2) is 6.32. The highest BCUT2D eigenvalue weighted by Gasteiger charge is 2.19. The Morgan fingerprint density at radius 2 is 1.36 bits per heavy atom. The van der Waals surface area contributed by atoms with Crippen molar-refractivity contribution in [1.82, 2.24) is 4.89 Å². The molecule has 0 aliphatic carbocycles. The van der Waals surface area contributed by atoms with Crippen LogP contribution in [0, 0.1) is 0 Å². The van der Waals surface area contributed by atoms with E-state index in [4.69, 9.17) is 4.84 Å². The second-order valence-electron chi connectivity index (χ2n) is 5.94. The largest absolute Gasteiger partial charge is 0.398 e. The molecule has 2 aromatic carbocycles. The Bertz CT molecular complexity index is 730. The van der Waals surface area contributed by atoms with Crippen molar-refractivity contribution in [3.05, 3.63) is 54.1 Å². The van der Waals surface area contributed by atoms with Crippen molar-refractivity contribution in [3.8, 4) is 5.75 Å². The van der Waals surface area contributed by atoms with E-state index in [1.165, 1.54) is 12.1 Å². The zero-order valence-electron chi connectivity index (χ0n) is 12.7. The van der Waals surface area contributed by atoms with Gasteiger partial charge in [-0.2, -0.15) is 0 Å². The van der Waals surface area contributed by atoms with Crippen molar-refractivity contribution in [1.29, 1.82) is 0 Å². The van der Waals surface area contributed by atoms with Crippen LogP contribution in [0.2, 0.25) is 0 Å². The van der Waals surface area contributed by atoms with Gasteiger partial charge in [-0.15, -0.1) is 4.89 Å². The number of hydrogen-bond acceptors (Lipinski definition) is 5. The molecule has 118 valence electrons. The lowest BCUT2D eigenvalue weighted by Crippen LogP contribution is -2.11. The van der Waals surface area contributed by atoms with E-state index in [9.17, 15) is 8.42 Å². The van der Waals surface area contributed by atoms with Crippen molar-refractivity contribution < 1.29 is 13.3 Å². The average molecular weight is 337 g/mol. The van der Waals surface area contributed by atoms with E-state index in [-0.39, 0.29) is 15.2 Å². The SMILES string of the molecule is CC(C)(C)c1ccc(S(=O)(=O)c2ccc(ONS)cc2)cc1. The summed E-state index contributed by atoms with van der Waals surface area (Å²) in [4.78, 5) is 7.69. The van der Waals surface area contributed by atoms with Crippen LogP contribution in [-0.4, -0.2) is 8.42 Å². The van der Waals surface area contributed by atoms with E-state index < -0.39 is 9.84 Å². The molecule has 0 atom stereocenters. The molecule has 0 aliphatic rings. The average Bonchev–Trinajstić information content (AvgIpc) is 2.47. The van der Waals surface area contributed by atoms with E-state index >= 15 is 0 Å². The van der Waals surface area contributed by atoms with Crippen LogP contribution in [0.25, 0.3) is 0 Å². The zero-order valence-corrected chi connectivity index (χ0v) is 14.4. The Kier molecular flexibility index (Phi) is 4.84. The third-order valence-corrected chi connectivity index (χ3v) is 5.20. The lowest BCUT2D eigenvalue weighted by Gasteiger charge is -2.19. The monoisotopic (exact) mass is 337 g/mol. The summed E-state index contributed by atoms with van der Waals surface area (Å²) < 4.78 is 25.2. The number of nitrogens with one attached hydrogen (secondary N) is 1. The van der Waals surface area contributed by atoms with Crippen LogP contribution in [0.15, 0.2) is 58.3 Å². The summed E-state index contributed by atoms with van der Waals surface area (Å²) >= 11 is 3.71. The van der Waals surface area contributed by atoms with Gasteiger partial charge in [-0.3, -0.25) is 0 Å². The number of rotatable bonds is 4. The molecule has 0 spiro atoms. The molecule has 0 aromatic heterocycles. The molecule has 2 rings (SSSR count). The maximum Gasteiger partial charge on any atom is 0.206 e. The van der Waals surface area contributed by atoms with Gasteiger partial charge in [0.05, 0.1) is 9.79 Å². The quantitative estimate of drug-likeness (QED) is 0.662. The highest BCUT2D eigenvalue weighted by atomic mass is 32.2. The number of benzene rings is 2. The van der Waals surface area contributed by atoms with Gasteiger partial charge in [0.25, 0.3) is 0 Å². The lowest BCUT2D eigenvalue weighted by molar-refractivity contribution is 0.287. The van der Waals surface area contributed by atoms with E-state index in [0.29, 0.717) is 5.75 Å². The van der Waals surface area contributed by atoms with Gasteiger partial charge in [0.2, 0.25) is 9.84 Å². The Morgan fingerprint density at radius 1 is 0.909 bits per heavy atom. The predicted octanol–water partition coefficient (Wildman–Crippen LogP) is 3.55. The van der Waals surface area contributed by atoms with Gasteiger partial charge in [0, 0.05) is 0 Å². The molecule has 0 radical (unpaired) electrons. The van der Waals surface area contributed by atoms with Gasteiger partial charge in [0.15, 0.2) is 0 Å². The summed E-state index contributed by atoms with van der Waals surface area (Å²) in [6, 6.07) is 13.2. The molecule has 0 fully saturated rings. The molecule has 1 N–H and O–H groups in total. The zero-order chi connectivity index (χ0) is 16.4. The first-order valence-electron chi connectivity index (χ1n) is 6.77. The van der Waals surface area contributed by atoms with Crippen LogP contribution in [0.5, 0.6) is 5.75 Å². The van der Waals surface area contributed by atoms with Crippen LogP contribution < -0.4 is 9.72 Å². The predicted molar refractivity (Wildman–Crippen MR) is 89.8 cm³/mol. The fraction of sp³-hybridized carbons (Fsp3) is 0.250. The number of hydrogen-bond donors (Lipinski definition) is 2. The van der Waals surface area contributed by atoms with Gasteiger partial charge in [-0.05, 0) is 47.4 Å². The molecule has 0 saturated heterocycles. The van der Waals surface area contributed by atoms with E-state index in [1.807, 2.05) is 12.1 Å². The highest BCUT2D eigenvalue weighted by Crippen LogP contribution is 2.27. The number of sulfone groups is 1. The van der Waals surface area contributed by atoms with Crippen molar-refractivity contribution in [2.45, 2.75) is 36.0 Å². The molecule has 0 aliphatic heterocycles. The molecule has 2 aromatic rings. The normalized spacial score (nSPS) is 12.2. The van der Waals surface area contributed by atoms with Crippen LogP contribution in [0.1, 0.15) is 26.3 Å². The van der Waals surface area contributed by atoms with Gasteiger partial charge in [-0.1, -0.05) is 45.7 Å². The fourth-order valence-electron chi connectivity index (χ4n) is 2.01. The van der Waals surface area contributed by atoms with E-state index in [2.05, 4.69) is 38.5 Å². The van der Waals surface area contributed by atoms with Crippen LogP contribution in [0.4, 0.5) is 0 Å². The summed E-state index contributed by atoms with van der Waals surface area (Å²) in [6.45, 7) is 6.26. The first kappa shape index (κ1) is 16.9. The summed E-state index contributed by atoms with van der Waals surface area (Å²) in [5.74, 6) is 0.483. The van der Waals surface area contributed by atoms with Gasteiger partial charge >= 0.3 is 0 Å². The molecule has 0 unspecified atom stereocenters. The molecule has 6 heteroatoms. The Balaban J connectivity index is 2.33. The minimum atomic E-state index is -3.53. The summed E-state index contributed by atoms with van der Waals surface area (Å²) in [7, 11) is -3.53. The van der Waals surface area contributed by atoms with Crippen molar-refractivity contribution in [2.75, 3.05) is 0 Å². The third kappa shape index (κ3) is 3.63. The summed E-state index contributed by atoms with van der Waals surface area (Å²) in [6.07, 6.45) is 0. The minimum absolute atomic E-state index is 0.0128. The standard InChI is InChI=1S/C16H19NO3S2/c1-16(2,3)12-4-8-14(9-5-12)22(18,19)15-10-6-13(7-11-15)20-17-21/h4-11,17,21H,1-3H3. The first-order valence-corrected chi connectivity index (χ1v) is 8.70. The van der Waals surface area contributed by atoms with Gasteiger partial charge in [0.1, 0.15) is 5.75 Å². The summed E-state index contributed by atoms with van der Waals surface area (Å²) in [5, 5.41) is 0. The smallest absolute Gasteiger partial charge is 0.206 e. The molecule has 0 heterocycles. The fourth-order valence-corrected chi connectivity index (χ4v) is 3.38. The topological polar surface area (TPSA) is 55.4 Å². The molecular formula is C16H19NO3S2. The molecule has 22 heavy (non-hydrogen) atoms. The second-order valence-corrected chi connectivity index (χ2v) is 8.07. The third-order valence-electron chi connectivity index (χ3n) is 3.33. The van der Waals surface area contributed by atoms with E-state index in [1.54, 1.807) is 24.3 Å². The van der Waals surface area contributed by atoms with E-state index in [0.717, 1.165) is 5.56 Å². The molecule has 0 saturated carbocycles. The minimum Gasteiger partial charge on any atom is -0.398 e. The van der Waals surface area contributed by atoms with Crippen LogP contribution >= 0.6 is 12.8 Å². The van der Waals surface area contributed by atoms with Gasteiger partial charge in [-0.25, -0.2) is 8.42 Å². The molecule has 0 amide bonds. The Morgan fingerprint density at radius 3 is 1.77 bits per heavy atom. The lowest BCUT2D eigenvalue weighted by atomic mass is 9.87. The maximum atomic E-state index is 12.6. The van der Waals surface area contributed by atoms with Crippen LogP contribution in [-0.2, 0) is 15.3 Å². The summed E-state index contributed by atoms with van der Waals surface area (Å²) in [5.41, 5.74) is 1.08. The molecule has 0 bridgehead atoms. The van der Waals surface area contributed by atoms with Crippen molar-refractivity contribution >= 4 is 22.7 Å². The van der Waals surface area contributed by atoms with Gasteiger partial charge < -0.3 is 4.84 Å². The Labute approximate surface area is 136 Å². The van der Waals surface area contributed by atoms with Crippen LogP contribution in [0.3, 0.4) is 0 Å². The van der Waals surface area contributed by atoms with Crippen molar-refractivity contribution in [3.63, 3.8) is 0 Å². The number of thiol groups is 1. The highest BCUT2D eigenvalue weighted by molar-refractivity contribution is 7.91. The Hall–Kier alpha value is -1.50. The van der Waals surface area contributed by atoms with Crippen molar-refractivity contribution in [2.24, 2.45) is 0 Å². The molecule has 4 nitrogen and oxygen atoms in total.